The van der Waals surface area contributed by atoms with Crippen molar-refractivity contribution in [2.24, 2.45) is 0 Å². The van der Waals surface area contributed by atoms with Crippen LogP contribution in [0, 0.1) is 6.92 Å². The Morgan fingerprint density at radius 2 is 2.03 bits per heavy atom. The highest BCUT2D eigenvalue weighted by molar-refractivity contribution is 7.80. The third kappa shape index (κ3) is 5.32. The molecule has 0 aliphatic carbocycles. The van der Waals surface area contributed by atoms with Crippen LogP contribution in [0.5, 0.6) is 0 Å². The molecule has 0 bridgehead atoms. The Labute approximate surface area is 198 Å². The van der Waals surface area contributed by atoms with Gasteiger partial charge in [-0.15, -0.1) is 0 Å². The molecule has 166 valence electrons. The number of thiocarbonyl (C=S) groups is 1. The molecule has 1 aromatic carbocycles. The van der Waals surface area contributed by atoms with Gasteiger partial charge in [0.15, 0.2) is 0 Å². The predicted octanol–water partition coefficient (Wildman–Crippen LogP) is 4.90. The smallest absolute Gasteiger partial charge is 0.227 e. The molecule has 1 aliphatic rings. The molecule has 0 atom stereocenters. The van der Waals surface area contributed by atoms with Crippen LogP contribution >= 0.6 is 23.8 Å². The van der Waals surface area contributed by atoms with Crippen LogP contribution in [0.25, 0.3) is 11.3 Å². The van der Waals surface area contributed by atoms with Gasteiger partial charge in [-0.25, -0.2) is 15.0 Å². The van der Waals surface area contributed by atoms with Gasteiger partial charge in [0.2, 0.25) is 5.95 Å². The summed E-state index contributed by atoms with van der Waals surface area (Å²) in [5.74, 6) is 1.37. The number of hydrogen-bond acceptors (Lipinski definition) is 7. The number of aromatic nitrogens is 3. The Hall–Kier alpha value is -2.81. The van der Waals surface area contributed by atoms with Crippen molar-refractivity contribution in [1.82, 2.24) is 19.9 Å². The van der Waals surface area contributed by atoms with Gasteiger partial charge in [-0.1, -0.05) is 23.8 Å². The Kier molecular flexibility index (Phi) is 6.83. The van der Waals surface area contributed by atoms with Gasteiger partial charge in [0, 0.05) is 41.0 Å². The van der Waals surface area contributed by atoms with Crippen LogP contribution in [0.15, 0.2) is 36.5 Å². The Bertz CT molecular complexity index is 1150. The first kappa shape index (κ1) is 22.4. The zero-order valence-corrected chi connectivity index (χ0v) is 19.9. The number of anilines is 4. The maximum atomic E-state index is 6.18. The van der Waals surface area contributed by atoms with E-state index in [4.69, 9.17) is 28.8 Å². The Morgan fingerprint density at radius 1 is 1.19 bits per heavy atom. The second-order valence-electron chi connectivity index (χ2n) is 8.02. The van der Waals surface area contributed by atoms with Crippen LogP contribution < -0.4 is 16.0 Å². The number of aryl methyl sites for hydroxylation is 1. The van der Waals surface area contributed by atoms with Gasteiger partial charge in [-0.2, -0.15) is 0 Å². The molecule has 0 spiro atoms. The van der Waals surface area contributed by atoms with Crippen molar-refractivity contribution in [2.75, 3.05) is 43.1 Å². The standard InChI is InChI=1S/C23H26ClN7S/c1-14-18(7-8-20(27-14)25-9-4-10-31(2)3)29-23-26-13-15-11-21(32)28-19-12-16(24)5-6-17(19)22(15)30-23/h5-8,12-13H,4,9-11H2,1-3H3,(H,25,27)(H,28,32)(H,26,29,30). The van der Waals surface area contributed by atoms with E-state index in [0.29, 0.717) is 22.4 Å². The molecule has 3 N–H and O–H groups in total. The van der Waals surface area contributed by atoms with Crippen LogP contribution in [0.1, 0.15) is 17.7 Å². The van der Waals surface area contributed by atoms with Gasteiger partial charge in [0.25, 0.3) is 0 Å². The fraction of sp³-hybridized carbons (Fsp3) is 0.304. The summed E-state index contributed by atoms with van der Waals surface area (Å²) < 4.78 is 0. The second kappa shape index (κ2) is 9.77. The van der Waals surface area contributed by atoms with Gasteiger partial charge >= 0.3 is 0 Å². The summed E-state index contributed by atoms with van der Waals surface area (Å²) in [5, 5.41) is 10.6. The molecule has 0 saturated heterocycles. The van der Waals surface area contributed by atoms with Crippen LogP contribution in [-0.4, -0.2) is 52.0 Å². The van der Waals surface area contributed by atoms with Crippen molar-refractivity contribution < 1.29 is 0 Å². The normalized spacial score (nSPS) is 12.6. The lowest BCUT2D eigenvalue weighted by atomic mass is 10.1. The number of halogens is 1. The quantitative estimate of drug-likeness (QED) is 0.334. The van der Waals surface area contributed by atoms with Gasteiger partial charge in [0.05, 0.1) is 22.1 Å². The second-order valence-corrected chi connectivity index (χ2v) is 8.95. The number of benzene rings is 1. The minimum absolute atomic E-state index is 0.508. The molecule has 2 aromatic heterocycles. The summed E-state index contributed by atoms with van der Waals surface area (Å²) >= 11 is 11.6. The van der Waals surface area contributed by atoms with E-state index in [2.05, 4.69) is 44.9 Å². The third-order valence-corrected chi connectivity index (χ3v) is 5.63. The lowest BCUT2D eigenvalue weighted by Gasteiger charge is -2.13. The van der Waals surface area contributed by atoms with Crippen LogP contribution in [-0.2, 0) is 6.42 Å². The van der Waals surface area contributed by atoms with E-state index >= 15 is 0 Å². The molecule has 0 radical (unpaired) electrons. The average molecular weight is 468 g/mol. The average Bonchev–Trinajstić information content (AvgIpc) is 2.87. The van der Waals surface area contributed by atoms with Crippen molar-refractivity contribution >= 4 is 51.9 Å². The Balaban J connectivity index is 1.54. The fourth-order valence-corrected chi connectivity index (χ4v) is 3.98. The number of hydrogen-bond donors (Lipinski definition) is 3. The highest BCUT2D eigenvalue weighted by Gasteiger charge is 2.20. The molecular weight excluding hydrogens is 442 g/mol. The SMILES string of the molecule is Cc1nc(NCCCN(C)C)ccc1Nc1ncc2c(n1)-c1ccc(Cl)cc1NC(=S)C2. The van der Waals surface area contributed by atoms with Crippen molar-refractivity contribution in [3.05, 3.63) is 52.8 Å². The molecule has 0 fully saturated rings. The highest BCUT2D eigenvalue weighted by atomic mass is 35.5. The predicted molar refractivity (Wildman–Crippen MR) is 136 cm³/mol. The molecule has 1 aliphatic heterocycles. The van der Waals surface area contributed by atoms with E-state index in [0.717, 1.165) is 59.2 Å². The van der Waals surface area contributed by atoms with Gasteiger partial charge in [-0.05, 0) is 64.3 Å². The number of fused-ring (bicyclic) bond motifs is 3. The lowest BCUT2D eigenvalue weighted by Crippen LogP contribution is -2.16. The van der Waals surface area contributed by atoms with E-state index in [1.165, 1.54) is 0 Å². The van der Waals surface area contributed by atoms with E-state index in [1.54, 1.807) is 0 Å². The van der Waals surface area contributed by atoms with Gasteiger partial charge in [-0.3, -0.25) is 0 Å². The molecule has 0 saturated carbocycles. The van der Waals surface area contributed by atoms with Crippen molar-refractivity contribution in [3.63, 3.8) is 0 Å². The number of nitrogens with zero attached hydrogens (tertiary/aromatic N) is 4. The largest absolute Gasteiger partial charge is 0.370 e. The van der Waals surface area contributed by atoms with Crippen molar-refractivity contribution in [1.29, 1.82) is 0 Å². The number of pyridine rings is 1. The lowest BCUT2D eigenvalue weighted by molar-refractivity contribution is 0.405. The number of nitrogens with one attached hydrogen (secondary N) is 3. The van der Waals surface area contributed by atoms with E-state index in [1.807, 2.05) is 43.5 Å². The van der Waals surface area contributed by atoms with Crippen molar-refractivity contribution in [3.8, 4) is 11.3 Å². The van der Waals surface area contributed by atoms with Crippen LogP contribution in [0.3, 0.4) is 0 Å². The monoisotopic (exact) mass is 467 g/mol. The summed E-state index contributed by atoms with van der Waals surface area (Å²) in [4.78, 5) is 16.9. The van der Waals surface area contributed by atoms with Crippen LogP contribution in [0.4, 0.5) is 23.1 Å². The molecule has 9 heteroatoms. The first-order valence-electron chi connectivity index (χ1n) is 10.5. The topological polar surface area (TPSA) is 78.0 Å². The molecule has 32 heavy (non-hydrogen) atoms. The maximum Gasteiger partial charge on any atom is 0.227 e. The summed E-state index contributed by atoms with van der Waals surface area (Å²) in [5.41, 5.74) is 5.35. The molecule has 0 unspecified atom stereocenters. The molecular formula is C23H26ClN7S. The van der Waals surface area contributed by atoms with Crippen molar-refractivity contribution in [2.45, 2.75) is 19.8 Å². The maximum absolute atomic E-state index is 6.18. The first-order chi connectivity index (χ1) is 15.4. The van der Waals surface area contributed by atoms with Gasteiger partial charge < -0.3 is 20.9 Å². The van der Waals surface area contributed by atoms with E-state index < -0.39 is 0 Å². The summed E-state index contributed by atoms with van der Waals surface area (Å²) in [6.45, 7) is 3.89. The first-order valence-corrected chi connectivity index (χ1v) is 11.3. The molecule has 7 nitrogen and oxygen atoms in total. The minimum Gasteiger partial charge on any atom is -0.370 e. The minimum atomic E-state index is 0.508. The fourth-order valence-electron chi connectivity index (χ4n) is 3.55. The molecule has 3 aromatic rings. The molecule has 4 rings (SSSR count). The van der Waals surface area contributed by atoms with Crippen LogP contribution in [0.2, 0.25) is 5.02 Å². The Morgan fingerprint density at radius 3 is 2.81 bits per heavy atom. The summed E-state index contributed by atoms with van der Waals surface area (Å²) in [6, 6.07) is 9.64. The summed E-state index contributed by atoms with van der Waals surface area (Å²) in [6.07, 6.45) is 3.46. The molecule has 3 heterocycles. The summed E-state index contributed by atoms with van der Waals surface area (Å²) in [7, 11) is 4.15. The third-order valence-electron chi connectivity index (χ3n) is 5.15. The number of rotatable bonds is 7. The van der Waals surface area contributed by atoms with Gasteiger partial charge in [0.1, 0.15) is 5.82 Å². The highest BCUT2D eigenvalue weighted by Crippen LogP contribution is 2.35. The van der Waals surface area contributed by atoms with E-state index in [9.17, 15) is 0 Å². The van der Waals surface area contributed by atoms with E-state index in [-0.39, 0.29) is 0 Å². The zero-order valence-electron chi connectivity index (χ0n) is 18.4. The molecule has 0 amide bonds. The zero-order chi connectivity index (χ0) is 22.7.